The maximum absolute atomic E-state index is 15.4. The molecule has 0 atom stereocenters. The molecule has 0 aliphatic carbocycles. The fourth-order valence-electron chi connectivity index (χ4n) is 4.19. The van der Waals surface area contributed by atoms with Gasteiger partial charge in [-0.25, -0.2) is 94.0 Å². The highest BCUT2D eigenvalue weighted by molar-refractivity contribution is 14.1. The van der Waals surface area contributed by atoms with Crippen LogP contribution < -0.4 is 0 Å². The minimum Gasteiger partial charge on any atom is -0.208 e. The molecule has 0 amide bonds. The Morgan fingerprint density at radius 3 is 0.735 bits per heavy atom. The van der Waals surface area contributed by atoms with Gasteiger partial charge in [0.05, 0.1) is 31.4 Å². The highest BCUT2D eigenvalue weighted by Gasteiger charge is 2.37. The second-order valence-electron chi connectivity index (χ2n) is 9.15. The van der Waals surface area contributed by atoms with Crippen LogP contribution in [0, 0.1) is 108 Å². The van der Waals surface area contributed by atoms with E-state index in [9.17, 15) is 61.5 Å². The van der Waals surface area contributed by atoms with E-state index in [0.717, 1.165) is 22.6 Å². The monoisotopic (exact) mass is 835 g/mol. The lowest BCUT2D eigenvalue weighted by molar-refractivity contribution is 0.379. The third kappa shape index (κ3) is 5.21. The fourth-order valence-corrected chi connectivity index (χ4v) is 4.90. The van der Waals surface area contributed by atoms with E-state index in [4.69, 9.17) is 0 Å². The summed E-state index contributed by atoms with van der Waals surface area (Å²) in [6.45, 7) is 0. The highest BCUT2D eigenvalue weighted by Crippen LogP contribution is 2.41. The molecule has 0 fully saturated rings. The zero-order valence-electron chi connectivity index (χ0n) is 22.0. The van der Waals surface area contributed by atoms with E-state index in [2.05, 4.69) is 15.0 Å². The Hall–Kier alpha value is -4.64. The molecule has 0 saturated carbocycles. The van der Waals surface area contributed by atoms with Crippen molar-refractivity contribution in [2.45, 2.75) is 0 Å². The molecule has 0 unspecified atom stereocenters. The Balaban J connectivity index is 1.94. The first kappa shape index (κ1) is 35.7. The topological polar surface area (TPSA) is 38.7 Å². The van der Waals surface area contributed by atoms with Crippen molar-refractivity contribution < 1.29 is 79.0 Å². The minimum atomic E-state index is -2.99. The standard InChI is InChI=1S/C27F18IN3/c28-6-1(2-8(30)15(37)20(42)16(38)9(2)31)7(29)11(33)3(10(6)32)25-47-26(4-12(34)17(39)21(43)18(40)13(4)35)49-27(48-25)5-14(36)19(41)22(44)23(45)24(5)46. The Bertz CT molecular complexity index is 2090. The zero-order valence-corrected chi connectivity index (χ0v) is 24.2. The third-order valence-corrected chi connectivity index (χ3v) is 7.46. The van der Waals surface area contributed by atoms with Gasteiger partial charge in [0.15, 0.2) is 111 Å². The van der Waals surface area contributed by atoms with Crippen LogP contribution in [0.5, 0.6) is 0 Å². The summed E-state index contributed by atoms with van der Waals surface area (Å²) in [6, 6.07) is 0. The SMILES string of the molecule is Fc1c(F)c(F)c(-c2nc(-c3c(F)c(F)c(-c4c(F)c(F)c(F)c(F)c4F)c(F)c3F)nc(-c3c(F)c(F)c(F)c(F)c3I)n2)c(F)c1F. The van der Waals surface area contributed by atoms with Gasteiger partial charge >= 0.3 is 0 Å². The second-order valence-corrected chi connectivity index (χ2v) is 10.2. The minimum absolute atomic E-state index is 0.739. The smallest absolute Gasteiger partial charge is 0.200 e. The van der Waals surface area contributed by atoms with E-state index < -0.39 is 154 Å². The number of hydrogen-bond acceptors (Lipinski definition) is 3. The zero-order chi connectivity index (χ0) is 36.7. The molecule has 1 aromatic heterocycles. The summed E-state index contributed by atoms with van der Waals surface area (Å²) in [5.74, 6) is -56.0. The number of aromatic nitrogens is 3. The lowest BCUT2D eigenvalue weighted by Crippen LogP contribution is -2.13. The lowest BCUT2D eigenvalue weighted by atomic mass is 9.98. The van der Waals surface area contributed by atoms with Crippen molar-refractivity contribution in [3.63, 3.8) is 0 Å². The molecule has 0 saturated heterocycles. The van der Waals surface area contributed by atoms with Gasteiger partial charge in [-0.1, -0.05) is 0 Å². The van der Waals surface area contributed by atoms with E-state index >= 15 is 17.6 Å². The highest BCUT2D eigenvalue weighted by atomic mass is 127. The summed E-state index contributed by atoms with van der Waals surface area (Å²) in [5.41, 5.74) is -11.5. The first-order chi connectivity index (χ1) is 22.8. The van der Waals surface area contributed by atoms with Gasteiger partial charge < -0.3 is 0 Å². The summed E-state index contributed by atoms with van der Waals surface area (Å²) in [4.78, 5) is 9.11. The number of nitrogens with zero attached hydrogens (tertiary/aromatic N) is 3. The van der Waals surface area contributed by atoms with Gasteiger partial charge in [0.1, 0.15) is 0 Å². The van der Waals surface area contributed by atoms with Crippen LogP contribution in [-0.2, 0) is 0 Å². The summed E-state index contributed by atoms with van der Waals surface area (Å²) in [6.07, 6.45) is 0. The van der Waals surface area contributed by atoms with Crippen molar-refractivity contribution in [1.82, 2.24) is 15.0 Å². The Morgan fingerprint density at radius 2 is 0.408 bits per heavy atom. The molecule has 0 N–H and O–H groups in total. The van der Waals surface area contributed by atoms with Crippen LogP contribution in [0.15, 0.2) is 0 Å². The number of benzene rings is 4. The summed E-state index contributed by atoms with van der Waals surface area (Å²) < 4.78 is 258. The largest absolute Gasteiger partial charge is 0.208 e. The van der Waals surface area contributed by atoms with Crippen LogP contribution in [0.25, 0.3) is 45.3 Å². The molecule has 0 spiro atoms. The van der Waals surface area contributed by atoms with Gasteiger partial charge in [-0.2, -0.15) is 0 Å². The van der Waals surface area contributed by atoms with Gasteiger partial charge in [-0.3, -0.25) is 0 Å². The molecule has 5 aromatic rings. The number of halogens is 19. The average Bonchev–Trinajstić information content (AvgIpc) is 3.07. The van der Waals surface area contributed by atoms with Crippen LogP contribution in [0.4, 0.5) is 79.0 Å². The Kier molecular flexibility index (Phi) is 8.99. The van der Waals surface area contributed by atoms with Gasteiger partial charge in [0.25, 0.3) is 0 Å². The van der Waals surface area contributed by atoms with E-state index in [1.165, 1.54) is 0 Å². The molecule has 1 heterocycles. The normalized spacial score (nSPS) is 11.6. The van der Waals surface area contributed by atoms with Crippen LogP contribution in [-0.4, -0.2) is 15.0 Å². The van der Waals surface area contributed by atoms with E-state index in [-0.39, 0.29) is 0 Å². The molecule has 0 aliphatic rings. The summed E-state index contributed by atoms with van der Waals surface area (Å²) in [5, 5.41) is 0. The molecule has 4 aromatic carbocycles. The number of hydrogen-bond donors (Lipinski definition) is 0. The van der Waals surface area contributed by atoms with Crippen LogP contribution >= 0.6 is 22.6 Å². The first-order valence-electron chi connectivity index (χ1n) is 11.9. The Morgan fingerprint density at radius 1 is 0.224 bits per heavy atom. The molecule has 49 heavy (non-hydrogen) atoms. The van der Waals surface area contributed by atoms with Crippen LogP contribution in [0.2, 0.25) is 0 Å². The molecule has 22 heteroatoms. The molecular formula is C27F18IN3. The summed E-state index contributed by atoms with van der Waals surface area (Å²) in [7, 11) is 0. The molecular weight excluding hydrogens is 835 g/mol. The third-order valence-electron chi connectivity index (χ3n) is 6.45. The molecule has 0 bridgehead atoms. The molecule has 256 valence electrons. The van der Waals surface area contributed by atoms with Crippen molar-refractivity contribution in [3.8, 4) is 45.3 Å². The predicted molar refractivity (Wildman–Crippen MR) is 134 cm³/mol. The maximum atomic E-state index is 15.4. The van der Waals surface area contributed by atoms with Gasteiger partial charge in [0, 0.05) is 0 Å². The van der Waals surface area contributed by atoms with Crippen molar-refractivity contribution in [2.24, 2.45) is 0 Å². The van der Waals surface area contributed by atoms with E-state index in [0.29, 0.717) is 0 Å². The molecule has 0 radical (unpaired) electrons. The predicted octanol–water partition coefficient (Wildman–Crippen LogP) is 9.65. The van der Waals surface area contributed by atoms with Crippen LogP contribution in [0.3, 0.4) is 0 Å². The maximum Gasteiger partial charge on any atom is 0.200 e. The van der Waals surface area contributed by atoms with Crippen molar-refractivity contribution >= 4 is 22.6 Å². The average molecular weight is 835 g/mol. The van der Waals surface area contributed by atoms with Crippen molar-refractivity contribution in [3.05, 3.63) is 108 Å². The van der Waals surface area contributed by atoms with Crippen molar-refractivity contribution in [2.75, 3.05) is 0 Å². The van der Waals surface area contributed by atoms with E-state index in [1.54, 1.807) is 0 Å². The van der Waals surface area contributed by atoms with Crippen molar-refractivity contribution in [1.29, 1.82) is 0 Å². The molecule has 3 nitrogen and oxygen atoms in total. The fraction of sp³-hybridized carbons (Fsp3) is 0. The van der Waals surface area contributed by atoms with Gasteiger partial charge in [-0.05, 0) is 22.6 Å². The van der Waals surface area contributed by atoms with E-state index in [1.807, 2.05) is 0 Å². The van der Waals surface area contributed by atoms with Gasteiger partial charge in [0.2, 0.25) is 11.6 Å². The second kappa shape index (κ2) is 12.4. The summed E-state index contributed by atoms with van der Waals surface area (Å²) >= 11 is 0.739. The quantitative estimate of drug-likeness (QED) is 0.0784. The molecule has 0 aliphatic heterocycles. The van der Waals surface area contributed by atoms with Crippen LogP contribution in [0.1, 0.15) is 0 Å². The lowest BCUT2D eigenvalue weighted by Gasteiger charge is -2.16. The first-order valence-corrected chi connectivity index (χ1v) is 13.0. The number of rotatable bonds is 4. The van der Waals surface area contributed by atoms with Gasteiger partial charge in [-0.15, -0.1) is 0 Å². The Labute approximate surface area is 270 Å². The molecule has 5 rings (SSSR count).